The number of hydrogen-bond donors (Lipinski definition) is 0. The van der Waals surface area contributed by atoms with E-state index in [1.54, 1.807) is 0 Å². The molecule has 1 heterocycles. The largest absolute Gasteiger partial charge is 0.247 e. The van der Waals surface area contributed by atoms with Crippen LogP contribution in [0.3, 0.4) is 0 Å². The third-order valence-electron chi connectivity index (χ3n) is 1.27. The molecule has 0 aliphatic heterocycles. The van der Waals surface area contributed by atoms with Crippen molar-refractivity contribution in [3.8, 4) is 0 Å². The second-order valence-electron chi connectivity index (χ2n) is 1.96. The summed E-state index contributed by atoms with van der Waals surface area (Å²) in [6.45, 7) is 3.09. The zero-order valence-corrected chi connectivity index (χ0v) is 8.81. The number of pyridine rings is 1. The normalized spacial score (nSPS) is 9.90. The lowest BCUT2D eigenvalue weighted by Gasteiger charge is -1.93. The molecule has 0 unspecified atom stereocenters. The van der Waals surface area contributed by atoms with E-state index >= 15 is 0 Å². The van der Waals surface area contributed by atoms with Crippen molar-refractivity contribution >= 4 is 31.9 Å². The Morgan fingerprint density at radius 1 is 1.40 bits per heavy atom. The molecule has 0 fully saturated rings. The minimum absolute atomic E-state index is 0.986. The number of halogens is 2. The lowest BCUT2D eigenvalue weighted by molar-refractivity contribution is -0.704. The summed E-state index contributed by atoms with van der Waals surface area (Å²) in [5.74, 6) is 0. The van der Waals surface area contributed by atoms with E-state index in [9.17, 15) is 0 Å². The summed E-state index contributed by atoms with van der Waals surface area (Å²) in [6, 6.07) is 4.03. The van der Waals surface area contributed by atoms with Crippen molar-refractivity contribution < 1.29 is 4.57 Å². The average Bonchev–Trinajstić information content (AvgIpc) is 1.94. The molecule has 54 valence electrons. The summed E-state index contributed by atoms with van der Waals surface area (Å²) in [4.78, 5) is 0. The van der Waals surface area contributed by atoms with Gasteiger partial charge in [-0.05, 0) is 28.9 Å². The molecule has 0 spiro atoms. The topological polar surface area (TPSA) is 3.88 Å². The molecule has 0 N–H and O–H groups in total. The minimum atomic E-state index is 0.986. The molecule has 1 aromatic heterocycles. The van der Waals surface area contributed by atoms with Crippen molar-refractivity contribution in [2.75, 3.05) is 0 Å². The van der Waals surface area contributed by atoms with Gasteiger partial charge >= 0.3 is 0 Å². The van der Waals surface area contributed by atoms with E-state index in [1.807, 2.05) is 18.3 Å². The fourth-order valence-electron chi connectivity index (χ4n) is 0.740. The standard InChI is InChI=1S/C7H8Br2N/c1-2-10-5-6(8)3-4-7(10)9/h3-5H,2H2,1H3/q+1/i8-1,9-1. The summed E-state index contributed by atoms with van der Waals surface area (Å²) in [5.41, 5.74) is 0. The molecular weight excluding hydrogens is 256 g/mol. The van der Waals surface area contributed by atoms with E-state index in [0.717, 1.165) is 15.6 Å². The highest BCUT2D eigenvalue weighted by molar-refractivity contribution is 9.10. The first-order chi connectivity index (χ1) is 4.74. The first kappa shape index (κ1) is 8.21. The Balaban J connectivity index is 3.09. The summed E-state index contributed by atoms with van der Waals surface area (Å²) >= 11 is 6.83. The van der Waals surface area contributed by atoms with Crippen LogP contribution in [0.15, 0.2) is 27.4 Å². The minimum Gasteiger partial charge on any atom is -0.192 e. The quantitative estimate of drug-likeness (QED) is 0.542. The van der Waals surface area contributed by atoms with Crippen LogP contribution in [0, 0.1) is 0 Å². The Hall–Kier alpha value is 0.110. The Morgan fingerprint density at radius 3 is 2.60 bits per heavy atom. The predicted octanol–water partition coefficient (Wildman–Crippen LogP) is 2.52. The van der Waals surface area contributed by atoms with Crippen molar-refractivity contribution in [1.29, 1.82) is 0 Å². The maximum Gasteiger partial charge on any atom is 0.247 e. The second kappa shape index (κ2) is 3.49. The summed E-state index contributed by atoms with van der Waals surface area (Å²) < 4.78 is 4.33. The van der Waals surface area contributed by atoms with Gasteiger partial charge in [-0.1, -0.05) is 0 Å². The lowest BCUT2D eigenvalue weighted by atomic mass is 10.5. The summed E-state index contributed by atoms with van der Waals surface area (Å²) in [5, 5.41) is 0. The molecule has 0 aliphatic carbocycles. The third-order valence-corrected chi connectivity index (χ3v) is 2.46. The maximum atomic E-state index is 3.43. The zero-order valence-electron chi connectivity index (χ0n) is 5.64. The van der Waals surface area contributed by atoms with Gasteiger partial charge in [0, 0.05) is 22.0 Å². The van der Waals surface area contributed by atoms with Gasteiger partial charge in [-0.25, -0.2) is 0 Å². The molecule has 3 heteroatoms. The fraction of sp³-hybridized carbons (Fsp3) is 0.286. The Labute approximate surface area is 77.3 Å². The highest BCUT2D eigenvalue weighted by atomic mass is 78.9. The van der Waals surface area contributed by atoms with Gasteiger partial charge in [0.05, 0.1) is 4.47 Å². The third kappa shape index (κ3) is 1.80. The van der Waals surface area contributed by atoms with Gasteiger partial charge in [0.2, 0.25) is 4.60 Å². The number of nitrogens with zero attached hydrogens (tertiary/aromatic N) is 1. The van der Waals surface area contributed by atoms with Crippen LogP contribution in [0.5, 0.6) is 0 Å². The molecule has 0 aliphatic rings. The molecule has 0 amide bonds. The Bertz CT molecular complexity index is 235. The van der Waals surface area contributed by atoms with E-state index in [-0.39, 0.29) is 0 Å². The van der Waals surface area contributed by atoms with Crippen LogP contribution >= 0.6 is 31.9 Å². The van der Waals surface area contributed by atoms with E-state index < -0.39 is 0 Å². The molecule has 10 heavy (non-hydrogen) atoms. The van der Waals surface area contributed by atoms with Gasteiger partial charge in [-0.15, -0.1) is 0 Å². The molecule has 0 saturated heterocycles. The van der Waals surface area contributed by atoms with E-state index in [0.29, 0.717) is 0 Å². The van der Waals surface area contributed by atoms with Crippen LogP contribution in [0.25, 0.3) is 0 Å². The zero-order chi connectivity index (χ0) is 7.56. The monoisotopic (exact) mass is 264 g/mol. The predicted molar refractivity (Wildman–Crippen MR) is 47.7 cm³/mol. The number of hydrogen-bond acceptors (Lipinski definition) is 0. The summed E-state index contributed by atoms with van der Waals surface area (Å²) in [7, 11) is 0. The fourth-order valence-corrected chi connectivity index (χ4v) is 1.60. The van der Waals surface area contributed by atoms with Crippen LogP contribution < -0.4 is 4.57 Å². The lowest BCUT2D eigenvalue weighted by Crippen LogP contribution is -2.33. The first-order valence-corrected chi connectivity index (χ1v) is 4.67. The number of rotatable bonds is 1. The average molecular weight is 264 g/mol. The van der Waals surface area contributed by atoms with Gasteiger partial charge in [0.25, 0.3) is 0 Å². The molecule has 0 aromatic carbocycles. The van der Waals surface area contributed by atoms with Crippen LogP contribution in [0.1, 0.15) is 6.92 Å². The molecule has 0 saturated carbocycles. The molecule has 1 nitrogen and oxygen atoms in total. The van der Waals surface area contributed by atoms with Crippen LogP contribution in [-0.4, -0.2) is 0 Å². The van der Waals surface area contributed by atoms with Crippen molar-refractivity contribution in [3.63, 3.8) is 0 Å². The van der Waals surface area contributed by atoms with Crippen molar-refractivity contribution in [2.45, 2.75) is 13.5 Å². The van der Waals surface area contributed by atoms with Crippen molar-refractivity contribution in [3.05, 3.63) is 27.4 Å². The highest BCUT2D eigenvalue weighted by Gasteiger charge is 2.03. The Morgan fingerprint density at radius 2 is 2.10 bits per heavy atom. The van der Waals surface area contributed by atoms with Gasteiger partial charge in [0.1, 0.15) is 6.54 Å². The molecule has 0 bridgehead atoms. The first-order valence-electron chi connectivity index (χ1n) is 3.08. The van der Waals surface area contributed by atoms with E-state index in [1.165, 1.54) is 0 Å². The van der Waals surface area contributed by atoms with Gasteiger partial charge in [-0.2, -0.15) is 4.57 Å². The second-order valence-corrected chi connectivity index (χ2v) is 3.68. The number of aromatic nitrogens is 1. The van der Waals surface area contributed by atoms with Gasteiger partial charge in [0.15, 0.2) is 6.20 Å². The molecular formula is C7H8Br2N+. The van der Waals surface area contributed by atoms with Crippen LogP contribution in [0.2, 0.25) is 0 Å². The molecule has 0 radical (unpaired) electrons. The van der Waals surface area contributed by atoms with Crippen molar-refractivity contribution in [1.82, 2.24) is 0 Å². The van der Waals surface area contributed by atoms with E-state index in [4.69, 9.17) is 0 Å². The van der Waals surface area contributed by atoms with Gasteiger partial charge < -0.3 is 0 Å². The molecule has 1 rings (SSSR count). The Kier molecular flexibility index (Phi) is 2.86. The van der Waals surface area contributed by atoms with E-state index in [2.05, 4.69) is 43.4 Å². The van der Waals surface area contributed by atoms with Crippen molar-refractivity contribution in [2.24, 2.45) is 0 Å². The number of aryl methyl sites for hydroxylation is 1. The molecule has 1 aromatic rings. The smallest absolute Gasteiger partial charge is 0.192 e. The van der Waals surface area contributed by atoms with Crippen LogP contribution in [-0.2, 0) is 6.54 Å². The van der Waals surface area contributed by atoms with Gasteiger partial charge in [-0.3, -0.25) is 0 Å². The summed E-state index contributed by atoms with van der Waals surface area (Å²) in [6.07, 6.45) is 2.05. The SMILES string of the molecule is CC[n+]1cc([79Br])ccc1[79Br]. The molecule has 0 atom stereocenters. The maximum absolute atomic E-state index is 3.43. The highest BCUT2D eigenvalue weighted by Crippen LogP contribution is 2.09. The van der Waals surface area contributed by atoms with Crippen LogP contribution in [0.4, 0.5) is 0 Å².